The van der Waals surface area contributed by atoms with E-state index >= 15 is 0 Å². The fourth-order valence-electron chi connectivity index (χ4n) is 2.69. The highest BCUT2D eigenvalue weighted by atomic mass is 79.9. The topological polar surface area (TPSA) is 12.0 Å². The average Bonchev–Trinajstić information content (AvgIpc) is 2.82. The van der Waals surface area contributed by atoms with Crippen LogP contribution in [0.15, 0.2) is 28.7 Å². The maximum Gasteiger partial charge on any atom is 0.0210 e. The largest absolute Gasteiger partial charge is 0.316 e. The van der Waals surface area contributed by atoms with Crippen molar-refractivity contribution < 1.29 is 0 Å². The van der Waals surface area contributed by atoms with Crippen LogP contribution in [0.2, 0.25) is 0 Å². The van der Waals surface area contributed by atoms with Crippen molar-refractivity contribution >= 4 is 15.9 Å². The van der Waals surface area contributed by atoms with Crippen molar-refractivity contribution in [1.29, 1.82) is 0 Å². The molecule has 1 aliphatic carbocycles. The van der Waals surface area contributed by atoms with Gasteiger partial charge in [-0.05, 0) is 29.9 Å². The second-order valence-corrected chi connectivity index (χ2v) is 5.42. The lowest BCUT2D eigenvalue weighted by Crippen LogP contribution is -2.11. The molecule has 0 radical (unpaired) electrons. The van der Waals surface area contributed by atoms with Crippen LogP contribution in [0.4, 0.5) is 0 Å². The minimum atomic E-state index is 0.615. The van der Waals surface area contributed by atoms with E-state index < -0.39 is 0 Å². The summed E-state index contributed by atoms with van der Waals surface area (Å²) in [6, 6.07) is 8.66. The van der Waals surface area contributed by atoms with Crippen LogP contribution < -0.4 is 5.32 Å². The average molecular weight is 252 g/mol. The number of hydrogen-bond donors (Lipinski definition) is 1. The summed E-state index contributed by atoms with van der Waals surface area (Å²) in [7, 11) is 0. The summed E-state index contributed by atoms with van der Waals surface area (Å²) in [5.41, 5.74) is 2.11. The van der Waals surface area contributed by atoms with Crippen molar-refractivity contribution in [3.63, 3.8) is 0 Å². The quantitative estimate of drug-likeness (QED) is 0.810. The molecule has 1 aliphatic heterocycles. The number of benzene rings is 1. The molecule has 14 heavy (non-hydrogen) atoms. The van der Waals surface area contributed by atoms with E-state index in [1.165, 1.54) is 29.4 Å². The number of nitrogens with one attached hydrogen (secondary N) is 1. The fourth-order valence-corrected chi connectivity index (χ4v) is 3.25. The summed E-state index contributed by atoms with van der Waals surface area (Å²) >= 11 is 3.66. The van der Waals surface area contributed by atoms with Gasteiger partial charge in [0.25, 0.3) is 0 Å². The van der Waals surface area contributed by atoms with Crippen molar-refractivity contribution in [3.05, 3.63) is 34.3 Å². The Bertz CT molecular complexity index is 357. The van der Waals surface area contributed by atoms with Crippen LogP contribution >= 0.6 is 15.9 Å². The molecule has 1 heterocycles. The van der Waals surface area contributed by atoms with Crippen LogP contribution in [-0.4, -0.2) is 13.1 Å². The molecule has 1 saturated heterocycles. The first-order valence-corrected chi connectivity index (χ1v) is 6.06. The zero-order valence-electron chi connectivity index (χ0n) is 8.09. The molecule has 0 aromatic heterocycles. The van der Waals surface area contributed by atoms with E-state index in [4.69, 9.17) is 0 Å². The molecule has 1 aromatic carbocycles. The molecule has 2 aliphatic rings. The summed E-state index contributed by atoms with van der Waals surface area (Å²) in [6.07, 6.45) is 2.82. The monoisotopic (exact) mass is 251 g/mol. The SMILES string of the molecule is Brc1ccccc1[C@H]1CNCC12CC2. The number of rotatable bonds is 1. The number of hydrogen-bond acceptors (Lipinski definition) is 1. The third kappa shape index (κ3) is 1.24. The predicted octanol–water partition coefficient (Wildman–Crippen LogP) is 2.92. The Morgan fingerprint density at radius 3 is 2.79 bits per heavy atom. The highest BCUT2D eigenvalue weighted by Gasteiger charge is 2.52. The van der Waals surface area contributed by atoms with Crippen molar-refractivity contribution in [2.24, 2.45) is 5.41 Å². The van der Waals surface area contributed by atoms with Gasteiger partial charge in [-0.2, -0.15) is 0 Å². The minimum absolute atomic E-state index is 0.615. The van der Waals surface area contributed by atoms with Crippen molar-refractivity contribution in [3.8, 4) is 0 Å². The second kappa shape index (κ2) is 3.07. The van der Waals surface area contributed by atoms with Gasteiger partial charge in [0, 0.05) is 23.5 Å². The van der Waals surface area contributed by atoms with Gasteiger partial charge in [-0.15, -0.1) is 0 Å². The van der Waals surface area contributed by atoms with E-state index in [9.17, 15) is 0 Å². The zero-order chi connectivity index (χ0) is 9.60. The zero-order valence-corrected chi connectivity index (χ0v) is 9.68. The normalized spacial score (nSPS) is 28.2. The lowest BCUT2D eigenvalue weighted by Gasteiger charge is -2.18. The maximum atomic E-state index is 3.66. The molecule has 2 heteroatoms. The summed E-state index contributed by atoms with van der Waals surface area (Å²) in [4.78, 5) is 0. The molecule has 1 atom stereocenters. The molecule has 1 N–H and O–H groups in total. The standard InChI is InChI=1S/C12H14BrN/c13-11-4-2-1-3-9(11)10-7-14-8-12(10)5-6-12/h1-4,10,14H,5-8H2/t10-/m1/s1. The summed E-state index contributed by atoms with van der Waals surface area (Å²) in [5.74, 6) is 0.734. The molecule has 2 fully saturated rings. The number of halogens is 1. The minimum Gasteiger partial charge on any atom is -0.316 e. The smallest absolute Gasteiger partial charge is 0.0210 e. The maximum absolute atomic E-state index is 3.66. The van der Waals surface area contributed by atoms with E-state index in [2.05, 4.69) is 45.5 Å². The molecule has 1 nitrogen and oxygen atoms in total. The third-order valence-electron chi connectivity index (χ3n) is 3.74. The van der Waals surface area contributed by atoms with Crippen molar-refractivity contribution in [2.75, 3.05) is 13.1 Å². The Labute approximate surface area is 93.0 Å². The van der Waals surface area contributed by atoms with Crippen LogP contribution in [0.5, 0.6) is 0 Å². The highest BCUT2D eigenvalue weighted by molar-refractivity contribution is 9.10. The van der Waals surface area contributed by atoms with Gasteiger partial charge in [0.1, 0.15) is 0 Å². The third-order valence-corrected chi connectivity index (χ3v) is 4.46. The lowest BCUT2D eigenvalue weighted by atomic mass is 9.86. The Balaban J connectivity index is 1.99. The van der Waals surface area contributed by atoms with Gasteiger partial charge in [-0.25, -0.2) is 0 Å². The van der Waals surface area contributed by atoms with Crippen molar-refractivity contribution in [2.45, 2.75) is 18.8 Å². The van der Waals surface area contributed by atoms with Crippen molar-refractivity contribution in [1.82, 2.24) is 5.32 Å². The van der Waals surface area contributed by atoms with E-state index in [1.54, 1.807) is 0 Å². The van der Waals surface area contributed by atoms with Crippen LogP contribution in [0.25, 0.3) is 0 Å². The van der Waals surface area contributed by atoms with Gasteiger partial charge in [-0.1, -0.05) is 34.1 Å². The fraction of sp³-hybridized carbons (Fsp3) is 0.500. The van der Waals surface area contributed by atoms with E-state index in [1.807, 2.05) is 0 Å². The van der Waals surface area contributed by atoms with Gasteiger partial charge >= 0.3 is 0 Å². The first-order chi connectivity index (χ1) is 6.82. The molecular weight excluding hydrogens is 238 g/mol. The molecule has 1 saturated carbocycles. The van der Waals surface area contributed by atoms with Crippen LogP contribution in [0, 0.1) is 5.41 Å². The van der Waals surface area contributed by atoms with E-state index in [0.29, 0.717) is 5.41 Å². The Hall–Kier alpha value is -0.340. The molecule has 74 valence electrons. The second-order valence-electron chi connectivity index (χ2n) is 4.57. The molecule has 1 spiro atoms. The predicted molar refractivity (Wildman–Crippen MR) is 61.4 cm³/mol. The van der Waals surface area contributed by atoms with E-state index in [0.717, 1.165) is 12.5 Å². The highest BCUT2D eigenvalue weighted by Crippen LogP contribution is 2.58. The summed E-state index contributed by atoms with van der Waals surface area (Å²) in [6.45, 7) is 2.38. The first-order valence-electron chi connectivity index (χ1n) is 5.27. The van der Waals surface area contributed by atoms with Gasteiger partial charge < -0.3 is 5.32 Å². The lowest BCUT2D eigenvalue weighted by molar-refractivity contribution is 0.501. The molecule has 0 bridgehead atoms. The van der Waals surface area contributed by atoms with Crippen LogP contribution in [0.3, 0.4) is 0 Å². The van der Waals surface area contributed by atoms with Gasteiger partial charge in [0.2, 0.25) is 0 Å². The molecular formula is C12H14BrN. The van der Waals surface area contributed by atoms with Gasteiger partial charge in [-0.3, -0.25) is 0 Å². The van der Waals surface area contributed by atoms with Gasteiger partial charge in [0.05, 0.1) is 0 Å². The summed E-state index contributed by atoms with van der Waals surface area (Å²) < 4.78 is 1.28. The molecule has 1 aromatic rings. The first kappa shape index (κ1) is 8.93. The Morgan fingerprint density at radius 2 is 2.07 bits per heavy atom. The van der Waals surface area contributed by atoms with Crippen LogP contribution in [0.1, 0.15) is 24.3 Å². The van der Waals surface area contributed by atoms with E-state index in [-0.39, 0.29) is 0 Å². The molecule has 0 unspecified atom stereocenters. The van der Waals surface area contributed by atoms with Gasteiger partial charge in [0.15, 0.2) is 0 Å². The Kier molecular flexibility index (Phi) is 1.96. The molecule has 3 rings (SSSR count). The Morgan fingerprint density at radius 1 is 1.29 bits per heavy atom. The molecule has 0 amide bonds. The summed E-state index contributed by atoms with van der Waals surface area (Å²) in [5, 5.41) is 3.53. The van der Waals surface area contributed by atoms with Crippen LogP contribution in [-0.2, 0) is 0 Å².